The molecule has 126 heavy (non-hydrogen) atoms. The van der Waals surface area contributed by atoms with Crippen LogP contribution in [0.3, 0.4) is 0 Å². The smallest absolute Gasteiger partial charge is 0.340 e. The molecule has 4 spiro atoms. The minimum absolute atomic E-state index is 0.00398. The van der Waals surface area contributed by atoms with Crippen molar-refractivity contribution in [3.8, 4) is 80.5 Å². The van der Waals surface area contributed by atoms with E-state index in [1.807, 2.05) is 68.4 Å². The number of aromatic hydroxyl groups is 4. The number of hydrogen-bond donors (Lipinski definition) is 6. The Morgan fingerprint density at radius 1 is 0.325 bits per heavy atom. The molecule has 24 heteroatoms. The Morgan fingerprint density at radius 3 is 0.841 bits per heavy atom. The van der Waals surface area contributed by atoms with Gasteiger partial charge in [-0.05, 0) is 224 Å². The van der Waals surface area contributed by atoms with Crippen molar-refractivity contribution in [3.63, 3.8) is 0 Å². The number of benzene rings is 12. The first-order valence-electron chi connectivity index (χ1n) is 40.2. The van der Waals surface area contributed by atoms with Gasteiger partial charge < -0.3 is 79.3 Å². The molecule has 632 valence electrons. The predicted molar refractivity (Wildman–Crippen MR) is 461 cm³/mol. The molecule has 20 rings (SSSR count). The Morgan fingerprint density at radius 2 is 0.563 bits per heavy atom. The number of allylic oxidation sites excluding steroid dienone is 2. The number of hydrogen-bond acceptors (Lipinski definition) is 24. The molecule has 8 heterocycles. The molecule has 0 bridgehead atoms. The summed E-state index contributed by atoms with van der Waals surface area (Å²) in [6.45, 7) is 25.3. The molecule has 0 aliphatic carbocycles. The lowest BCUT2D eigenvalue weighted by Gasteiger charge is -2.36. The molecule has 8 aliphatic rings. The molecule has 0 amide bonds. The second kappa shape index (κ2) is 30.1. The van der Waals surface area contributed by atoms with E-state index in [0.29, 0.717) is 175 Å². The van der Waals surface area contributed by atoms with Crippen LogP contribution < -0.4 is 39.9 Å². The third-order valence-electron chi connectivity index (χ3n) is 22.9. The third-order valence-corrected chi connectivity index (χ3v) is 22.9. The summed E-state index contributed by atoms with van der Waals surface area (Å²) >= 11 is 0. The minimum Gasteiger partial charge on any atom is -0.508 e. The topological polar surface area (TPSA) is 362 Å². The molecular formula is C102H82N2O22. The lowest BCUT2D eigenvalue weighted by atomic mass is 9.77. The lowest BCUT2D eigenvalue weighted by Crippen LogP contribution is -2.33. The SMILES string of the molecule is C=C(C)C(=O)Cc1ccc2c(c1)C(=O)OC21c2ccc(C)cc2Oc2cc(OC(=O)C(C)(C)C)ccc21.C=C(C)C(=O)Cc1ccc2c(c1)C(=O)OC21c2ccc(O)cc2Oc2cc(O)ccc21.Cc1ccc2c(c1)Oc1cc(OC(=O)C(C)(C)C)ccc1C21OC(=O)c2cc(N)ccc21.Nc1ccc2c(c1)C(=O)OC21c2ccc(O)cc2Oc2cc(O)ccc21. The van der Waals surface area contributed by atoms with Crippen LogP contribution in [-0.2, 0) is 73.4 Å². The lowest BCUT2D eigenvalue weighted by molar-refractivity contribution is -0.143. The molecule has 8 aliphatic heterocycles. The molecule has 12 aromatic rings. The first kappa shape index (κ1) is 82.6. The number of anilines is 2. The summed E-state index contributed by atoms with van der Waals surface area (Å²) in [6, 6.07) is 61.1. The van der Waals surface area contributed by atoms with Gasteiger partial charge >= 0.3 is 35.8 Å². The zero-order valence-electron chi connectivity index (χ0n) is 69.9. The van der Waals surface area contributed by atoms with Gasteiger partial charge in [0.1, 0.15) is 80.5 Å². The Kier molecular flexibility index (Phi) is 19.7. The fourth-order valence-corrected chi connectivity index (χ4v) is 16.7. The van der Waals surface area contributed by atoms with Gasteiger partial charge in [-0.1, -0.05) is 73.8 Å². The maximum Gasteiger partial charge on any atom is 0.340 e. The van der Waals surface area contributed by atoms with Gasteiger partial charge in [0.25, 0.3) is 0 Å². The van der Waals surface area contributed by atoms with E-state index in [1.54, 1.807) is 171 Å². The first-order valence-corrected chi connectivity index (χ1v) is 40.2. The van der Waals surface area contributed by atoms with Crippen LogP contribution in [0.25, 0.3) is 0 Å². The number of carbonyl (C=O) groups is 8. The fraction of sp³-hybridized carbons (Fsp3) is 0.176. The van der Waals surface area contributed by atoms with Crippen molar-refractivity contribution >= 4 is 58.8 Å². The predicted octanol–water partition coefficient (Wildman–Crippen LogP) is 18.9. The molecule has 8 N–H and O–H groups in total. The average molecular weight is 1690 g/mol. The monoisotopic (exact) mass is 1690 g/mol. The van der Waals surface area contributed by atoms with E-state index in [1.165, 1.54) is 48.5 Å². The Balaban J connectivity index is 0.000000119. The standard InChI is InChI=1S/C31H28O6.C26H23NO5.C25H18O6.C20H13NO5/c1-17(2)25(32)15-19-8-11-22-21(14-19)28(33)37-31(22)23-10-7-18(3)13-26(23)36-27-16-20(9-12-24(27)31)35-29(34)30(4,5)6;1-14-5-8-19-21(11-14)31-22-13-16(30-24(29)25(2,3)4)7-10-20(22)26(19)18-9-6-15(27)12-17(18)23(28)32-26;1-13(2)21(28)10-14-3-6-18-17(9-14)24(29)31-25(18)19-7-4-15(26)11-22(19)30-23-12-16(27)5-8-20(23)25;21-10-1-4-14-13(7-10)19(24)26-20(14)15-5-2-11(22)8-17(15)25-18-9-12(23)3-6-16(18)20/h7-14,16H,1,15H2,2-6H3;5-13H,27H2,1-4H3;3-9,11-12,26-27H,1,10H2,2H3;1-9,22-23H,21H2. The number of aryl methyl sites for hydroxylation is 2. The van der Waals surface area contributed by atoms with Gasteiger partial charge in [-0.3, -0.25) is 19.2 Å². The molecule has 24 nitrogen and oxygen atoms in total. The summed E-state index contributed by atoms with van der Waals surface area (Å²) in [5, 5.41) is 39.6. The summed E-state index contributed by atoms with van der Waals surface area (Å²) < 4.78 is 59.7. The number of ether oxygens (including phenoxy) is 10. The van der Waals surface area contributed by atoms with Crippen molar-refractivity contribution in [3.05, 3.63) is 354 Å². The number of fused-ring (bicyclic) bond motifs is 24. The van der Waals surface area contributed by atoms with Crippen LogP contribution in [0.4, 0.5) is 11.4 Å². The number of nitrogens with two attached hydrogens (primary N) is 2. The molecule has 2 atom stereocenters. The van der Waals surface area contributed by atoms with Crippen LogP contribution >= 0.6 is 0 Å². The van der Waals surface area contributed by atoms with E-state index in [9.17, 15) is 58.8 Å². The Labute approximate surface area is 722 Å². The maximum atomic E-state index is 13.3. The summed E-state index contributed by atoms with van der Waals surface area (Å²) in [5.74, 6) is 1.20. The number of phenolic OH excluding ortho intramolecular Hbond substituents is 4. The number of esters is 6. The maximum absolute atomic E-state index is 13.3. The molecule has 12 aromatic carbocycles. The zero-order chi connectivity index (χ0) is 89.5. The first-order chi connectivity index (χ1) is 59.8. The highest BCUT2D eigenvalue weighted by atomic mass is 16.6. The molecule has 0 aromatic heterocycles. The highest BCUT2D eigenvalue weighted by molar-refractivity contribution is 6.02. The number of rotatable bonds is 8. The summed E-state index contributed by atoms with van der Waals surface area (Å²) in [4.78, 5) is 101. The Bertz CT molecular complexity index is 6730. The van der Waals surface area contributed by atoms with Gasteiger partial charge in [0.2, 0.25) is 0 Å². The van der Waals surface area contributed by atoms with Crippen molar-refractivity contribution in [2.45, 2.75) is 104 Å². The molecular weight excluding hydrogens is 1610 g/mol. The second-order valence-corrected chi connectivity index (χ2v) is 34.1. The average Bonchev–Trinajstić information content (AvgIpc) is 1.52. The number of ketones is 2. The van der Waals surface area contributed by atoms with Gasteiger partial charge in [-0.15, -0.1) is 0 Å². The van der Waals surface area contributed by atoms with E-state index >= 15 is 0 Å². The highest BCUT2D eigenvalue weighted by Crippen LogP contribution is 2.62. The number of carbonyl (C=O) groups excluding carboxylic acids is 8. The number of phenols is 4. The molecule has 0 fully saturated rings. The van der Waals surface area contributed by atoms with E-state index in [-0.39, 0.29) is 59.3 Å². The van der Waals surface area contributed by atoms with E-state index in [0.717, 1.165) is 16.7 Å². The Hall–Kier alpha value is -15.7. The van der Waals surface area contributed by atoms with E-state index in [2.05, 4.69) is 13.2 Å². The largest absolute Gasteiger partial charge is 0.508 e. The highest BCUT2D eigenvalue weighted by Gasteiger charge is 2.59. The quantitative estimate of drug-likeness (QED) is 0.0270. The zero-order valence-corrected chi connectivity index (χ0v) is 69.9. The number of nitrogen functional groups attached to an aromatic ring is 2. The van der Waals surface area contributed by atoms with Crippen molar-refractivity contribution in [2.24, 2.45) is 10.8 Å². The fourth-order valence-electron chi connectivity index (χ4n) is 16.7. The van der Waals surface area contributed by atoms with E-state index < -0.39 is 57.1 Å². The normalized spacial score (nSPS) is 16.6. The van der Waals surface area contributed by atoms with Crippen molar-refractivity contribution < 1.29 is 106 Å². The molecule has 2 unspecified atom stereocenters. The summed E-state index contributed by atoms with van der Waals surface area (Å²) in [5.41, 5.74) is 19.9. The summed E-state index contributed by atoms with van der Waals surface area (Å²) in [7, 11) is 0. The van der Waals surface area contributed by atoms with Crippen LogP contribution in [-0.4, -0.2) is 67.8 Å². The van der Waals surface area contributed by atoms with Crippen molar-refractivity contribution in [1.82, 2.24) is 0 Å². The van der Waals surface area contributed by atoms with Crippen LogP contribution in [0.15, 0.2) is 243 Å². The van der Waals surface area contributed by atoms with E-state index in [4.69, 9.17) is 58.8 Å². The van der Waals surface area contributed by atoms with Crippen molar-refractivity contribution in [2.75, 3.05) is 11.5 Å². The number of Topliss-reactive ketones (excluding diaryl/α,β-unsaturated/α-hetero) is 2. The van der Waals surface area contributed by atoms with Crippen LogP contribution in [0.1, 0.15) is 186 Å². The van der Waals surface area contributed by atoms with Gasteiger partial charge in [0.05, 0.1) is 33.1 Å². The molecule has 0 saturated heterocycles. The molecule has 0 radical (unpaired) electrons. The van der Waals surface area contributed by atoms with Gasteiger partial charge in [-0.25, -0.2) is 19.2 Å². The summed E-state index contributed by atoms with van der Waals surface area (Å²) in [6.07, 6.45) is 0.293. The van der Waals surface area contributed by atoms with Gasteiger partial charge in [0.15, 0.2) is 34.0 Å². The van der Waals surface area contributed by atoms with Crippen molar-refractivity contribution in [1.29, 1.82) is 0 Å². The third kappa shape index (κ3) is 13.8. The second-order valence-electron chi connectivity index (χ2n) is 34.1. The molecule has 0 saturated carbocycles. The van der Waals surface area contributed by atoms with Crippen LogP contribution in [0.5, 0.6) is 80.5 Å². The van der Waals surface area contributed by atoms with Crippen LogP contribution in [0.2, 0.25) is 0 Å². The van der Waals surface area contributed by atoms with Crippen LogP contribution in [0, 0.1) is 24.7 Å². The van der Waals surface area contributed by atoms with Gasteiger partial charge in [0, 0.05) is 127 Å². The minimum atomic E-state index is -1.30. The van der Waals surface area contributed by atoms with Gasteiger partial charge in [-0.2, -0.15) is 0 Å².